The molecule has 0 atom stereocenters. The number of anilines is 2. The van der Waals surface area contributed by atoms with Crippen LogP contribution in [0.15, 0.2) is 12.1 Å². The Kier molecular flexibility index (Phi) is 3.76. The van der Waals surface area contributed by atoms with E-state index in [4.69, 9.17) is 11.6 Å². The minimum atomic E-state index is 0.101. The summed E-state index contributed by atoms with van der Waals surface area (Å²) in [6.07, 6.45) is 0.101. The van der Waals surface area contributed by atoms with Crippen molar-refractivity contribution in [2.24, 2.45) is 0 Å². The molecule has 0 aliphatic carbocycles. The first kappa shape index (κ1) is 12.5. The highest BCUT2D eigenvalue weighted by molar-refractivity contribution is 6.33. The highest BCUT2D eigenvalue weighted by atomic mass is 35.5. The third kappa shape index (κ3) is 2.65. The highest BCUT2D eigenvalue weighted by Gasteiger charge is 2.16. The van der Waals surface area contributed by atoms with E-state index in [1.54, 1.807) is 0 Å². The van der Waals surface area contributed by atoms with E-state index in [1.165, 1.54) is 5.69 Å². The summed E-state index contributed by atoms with van der Waals surface area (Å²) in [5, 5.41) is 10.8. The summed E-state index contributed by atoms with van der Waals surface area (Å²) in [6.45, 7) is 4.03. The Balaban J connectivity index is 2.27. The van der Waals surface area contributed by atoms with Gasteiger partial charge in [0.2, 0.25) is 0 Å². The summed E-state index contributed by atoms with van der Waals surface area (Å²) in [5.41, 5.74) is 3.33. The van der Waals surface area contributed by atoms with Crippen LogP contribution in [0.4, 0.5) is 11.4 Å². The molecule has 3 N–H and O–H groups in total. The Labute approximate surface area is 107 Å². The van der Waals surface area contributed by atoms with Gasteiger partial charge in [0.05, 0.1) is 10.7 Å². The first-order valence-corrected chi connectivity index (χ1v) is 6.17. The molecule has 4 nitrogen and oxygen atoms in total. The molecule has 5 heteroatoms. The fourth-order valence-electron chi connectivity index (χ4n) is 2.08. The molecule has 0 bridgehead atoms. The highest BCUT2D eigenvalue weighted by Crippen LogP contribution is 2.32. The number of benzene rings is 1. The second-order valence-electron chi connectivity index (χ2n) is 4.45. The summed E-state index contributed by atoms with van der Waals surface area (Å²) < 4.78 is 0. The summed E-state index contributed by atoms with van der Waals surface area (Å²) in [7, 11) is 4.07. The second kappa shape index (κ2) is 5.12. The van der Waals surface area contributed by atoms with E-state index in [9.17, 15) is 0 Å². The van der Waals surface area contributed by atoms with Gasteiger partial charge in [0.1, 0.15) is 6.29 Å². The smallest absolute Gasteiger partial charge is 0.132 e. The lowest BCUT2D eigenvalue weighted by atomic mass is 10.1. The summed E-state index contributed by atoms with van der Waals surface area (Å²) in [5.74, 6) is 0. The van der Waals surface area contributed by atoms with Crippen molar-refractivity contribution in [3.05, 3.63) is 22.7 Å². The molecule has 0 aromatic heterocycles. The third-order valence-electron chi connectivity index (χ3n) is 2.98. The minimum absolute atomic E-state index is 0.101. The van der Waals surface area contributed by atoms with E-state index in [2.05, 4.69) is 27.8 Å². The standard InChI is InChI=1S/C12H19ClN4/c1-8-10(17(2)3)5-4-9(13)11(8)16-12-14-6-7-15-12/h4-5,12,14-16H,6-7H2,1-3H3. The molecule has 0 saturated carbocycles. The van der Waals surface area contributed by atoms with Crippen molar-refractivity contribution in [1.82, 2.24) is 10.6 Å². The molecule has 0 spiro atoms. The van der Waals surface area contributed by atoms with Crippen LogP contribution in [0.5, 0.6) is 0 Å². The van der Waals surface area contributed by atoms with Crippen molar-refractivity contribution in [3.63, 3.8) is 0 Å². The van der Waals surface area contributed by atoms with Crippen LogP contribution in [0.2, 0.25) is 5.02 Å². The summed E-state index contributed by atoms with van der Waals surface area (Å²) in [4.78, 5) is 2.09. The van der Waals surface area contributed by atoms with Crippen LogP contribution in [-0.4, -0.2) is 33.5 Å². The summed E-state index contributed by atoms with van der Waals surface area (Å²) in [6, 6.07) is 3.97. The number of rotatable bonds is 3. The molecule has 1 saturated heterocycles. The van der Waals surface area contributed by atoms with Crippen molar-refractivity contribution in [2.75, 3.05) is 37.4 Å². The third-order valence-corrected chi connectivity index (χ3v) is 3.29. The van der Waals surface area contributed by atoms with Crippen LogP contribution in [0, 0.1) is 6.92 Å². The van der Waals surface area contributed by atoms with E-state index in [0.717, 1.165) is 29.4 Å². The van der Waals surface area contributed by atoms with Gasteiger partial charge in [0, 0.05) is 32.9 Å². The molecule has 1 aromatic carbocycles. The normalized spacial score (nSPS) is 16.2. The molecule has 0 amide bonds. The maximum atomic E-state index is 6.25. The van der Waals surface area contributed by atoms with Gasteiger partial charge < -0.3 is 10.2 Å². The Bertz CT molecular complexity index is 400. The van der Waals surface area contributed by atoms with E-state index >= 15 is 0 Å². The topological polar surface area (TPSA) is 39.3 Å². The van der Waals surface area contributed by atoms with Crippen LogP contribution in [0.25, 0.3) is 0 Å². The molecule has 1 aliphatic rings. The van der Waals surface area contributed by atoms with Crippen LogP contribution in [0.3, 0.4) is 0 Å². The Morgan fingerprint density at radius 2 is 1.94 bits per heavy atom. The Hall–Kier alpha value is -0.970. The van der Waals surface area contributed by atoms with E-state index in [-0.39, 0.29) is 6.29 Å². The molecule has 1 fully saturated rings. The predicted molar refractivity (Wildman–Crippen MR) is 73.9 cm³/mol. The van der Waals surface area contributed by atoms with Gasteiger partial charge in [-0.2, -0.15) is 0 Å². The largest absolute Gasteiger partial charge is 0.377 e. The molecule has 1 aliphatic heterocycles. The van der Waals surface area contributed by atoms with Gasteiger partial charge >= 0.3 is 0 Å². The zero-order valence-electron chi connectivity index (χ0n) is 10.5. The van der Waals surface area contributed by atoms with Gasteiger partial charge in [-0.25, -0.2) is 0 Å². The van der Waals surface area contributed by atoms with Gasteiger partial charge in [-0.1, -0.05) is 11.6 Å². The van der Waals surface area contributed by atoms with Gasteiger partial charge in [0.25, 0.3) is 0 Å². The maximum absolute atomic E-state index is 6.25. The van der Waals surface area contributed by atoms with Crippen molar-refractivity contribution in [3.8, 4) is 0 Å². The fourth-order valence-corrected chi connectivity index (χ4v) is 2.34. The Morgan fingerprint density at radius 3 is 2.53 bits per heavy atom. The van der Waals surface area contributed by atoms with Gasteiger partial charge in [-0.05, 0) is 24.6 Å². The Morgan fingerprint density at radius 1 is 1.29 bits per heavy atom. The number of nitrogens with zero attached hydrogens (tertiary/aromatic N) is 1. The number of hydrogen-bond donors (Lipinski definition) is 3. The average molecular weight is 255 g/mol. The van der Waals surface area contributed by atoms with Crippen molar-refractivity contribution < 1.29 is 0 Å². The molecule has 94 valence electrons. The second-order valence-corrected chi connectivity index (χ2v) is 4.85. The lowest BCUT2D eigenvalue weighted by Crippen LogP contribution is -2.39. The van der Waals surface area contributed by atoms with Crippen molar-refractivity contribution in [2.45, 2.75) is 13.2 Å². The molecule has 1 aromatic rings. The van der Waals surface area contributed by atoms with E-state index in [1.807, 2.05) is 26.2 Å². The van der Waals surface area contributed by atoms with Crippen LogP contribution in [-0.2, 0) is 0 Å². The number of nitrogens with one attached hydrogen (secondary N) is 3. The van der Waals surface area contributed by atoms with Crippen molar-refractivity contribution in [1.29, 1.82) is 0 Å². The molecule has 17 heavy (non-hydrogen) atoms. The van der Waals surface area contributed by atoms with Crippen LogP contribution < -0.4 is 20.9 Å². The quantitative estimate of drug-likeness (QED) is 0.766. The SMILES string of the molecule is Cc1c(N(C)C)ccc(Cl)c1NC1NCCN1. The molecule has 0 radical (unpaired) electrons. The monoisotopic (exact) mass is 254 g/mol. The first-order valence-electron chi connectivity index (χ1n) is 5.79. The average Bonchev–Trinajstić information content (AvgIpc) is 2.76. The lowest BCUT2D eigenvalue weighted by Gasteiger charge is -2.22. The molecule has 2 rings (SSSR count). The minimum Gasteiger partial charge on any atom is -0.377 e. The lowest BCUT2D eigenvalue weighted by molar-refractivity contribution is 0.620. The van der Waals surface area contributed by atoms with Gasteiger partial charge in [-0.15, -0.1) is 0 Å². The van der Waals surface area contributed by atoms with Gasteiger partial charge in [-0.3, -0.25) is 10.6 Å². The van der Waals surface area contributed by atoms with Crippen LogP contribution in [0.1, 0.15) is 5.56 Å². The fraction of sp³-hybridized carbons (Fsp3) is 0.500. The predicted octanol–water partition coefficient (Wildman–Crippen LogP) is 1.60. The van der Waals surface area contributed by atoms with Gasteiger partial charge in [0.15, 0.2) is 0 Å². The molecule has 0 unspecified atom stereocenters. The molecule has 1 heterocycles. The molecular formula is C12H19ClN4. The first-order chi connectivity index (χ1) is 8.09. The molecular weight excluding hydrogens is 236 g/mol. The number of hydrogen-bond acceptors (Lipinski definition) is 4. The van der Waals surface area contributed by atoms with E-state index < -0.39 is 0 Å². The summed E-state index contributed by atoms with van der Waals surface area (Å²) >= 11 is 6.25. The van der Waals surface area contributed by atoms with Crippen LogP contribution >= 0.6 is 11.6 Å². The number of halogens is 1. The zero-order valence-corrected chi connectivity index (χ0v) is 11.2. The van der Waals surface area contributed by atoms with E-state index in [0.29, 0.717) is 0 Å². The maximum Gasteiger partial charge on any atom is 0.132 e. The van der Waals surface area contributed by atoms with Crippen molar-refractivity contribution >= 4 is 23.0 Å². The zero-order chi connectivity index (χ0) is 12.4.